The molecule has 0 atom stereocenters. The van der Waals surface area contributed by atoms with Gasteiger partial charge in [-0.1, -0.05) is 41.9 Å². The standard InChI is InChI=1S/C21H19ClN2O4S2/c22-19-10-4-5-11-21(19)29(25,26)23-17-12-13-20-16(15-17)7-6-14-24(20)30(27,28)18-8-2-1-3-9-18/h1-5,8-13,15,23H,6-7,14H2. The fourth-order valence-corrected chi connectivity index (χ4v) is 6.60. The van der Waals surface area contributed by atoms with E-state index in [1.165, 1.54) is 16.4 Å². The van der Waals surface area contributed by atoms with E-state index in [1.807, 2.05) is 0 Å². The van der Waals surface area contributed by atoms with E-state index in [1.54, 1.807) is 60.7 Å². The van der Waals surface area contributed by atoms with Gasteiger partial charge in [0, 0.05) is 12.2 Å². The molecular formula is C21H19ClN2O4S2. The van der Waals surface area contributed by atoms with Gasteiger partial charge < -0.3 is 0 Å². The lowest BCUT2D eigenvalue weighted by Gasteiger charge is -2.31. The number of nitrogens with zero attached hydrogens (tertiary/aromatic N) is 1. The summed E-state index contributed by atoms with van der Waals surface area (Å²) < 4.78 is 55.5. The molecule has 0 spiro atoms. The van der Waals surface area contributed by atoms with Crippen LogP contribution < -0.4 is 9.03 Å². The number of hydrogen-bond donors (Lipinski definition) is 1. The smallest absolute Gasteiger partial charge is 0.264 e. The van der Waals surface area contributed by atoms with E-state index in [4.69, 9.17) is 11.6 Å². The Morgan fingerprint density at radius 1 is 0.867 bits per heavy atom. The summed E-state index contributed by atoms with van der Waals surface area (Å²) >= 11 is 6.03. The normalized spacial score (nSPS) is 14.2. The van der Waals surface area contributed by atoms with Crippen molar-refractivity contribution in [3.63, 3.8) is 0 Å². The van der Waals surface area contributed by atoms with E-state index in [2.05, 4.69) is 4.72 Å². The van der Waals surface area contributed by atoms with E-state index in [0.29, 0.717) is 30.8 Å². The van der Waals surface area contributed by atoms with E-state index < -0.39 is 20.0 Å². The maximum Gasteiger partial charge on any atom is 0.264 e. The molecule has 3 aromatic rings. The number of benzene rings is 3. The van der Waals surface area contributed by atoms with Gasteiger partial charge in [0.15, 0.2) is 0 Å². The van der Waals surface area contributed by atoms with Crippen LogP contribution in [0.15, 0.2) is 82.6 Å². The van der Waals surface area contributed by atoms with Gasteiger partial charge in [-0.25, -0.2) is 16.8 Å². The van der Waals surface area contributed by atoms with E-state index >= 15 is 0 Å². The molecule has 0 saturated carbocycles. The predicted octanol–water partition coefficient (Wildman–Crippen LogP) is 4.28. The summed E-state index contributed by atoms with van der Waals surface area (Å²) in [6, 6.07) is 19.3. The molecule has 1 aliphatic rings. The molecule has 0 unspecified atom stereocenters. The molecule has 6 nitrogen and oxygen atoms in total. The Morgan fingerprint density at radius 3 is 2.30 bits per heavy atom. The van der Waals surface area contributed by atoms with Crippen LogP contribution >= 0.6 is 11.6 Å². The highest BCUT2D eigenvalue weighted by atomic mass is 35.5. The van der Waals surface area contributed by atoms with Crippen LogP contribution in [0.25, 0.3) is 0 Å². The molecule has 1 heterocycles. The molecule has 0 fully saturated rings. The summed E-state index contributed by atoms with van der Waals surface area (Å²) in [5.41, 5.74) is 1.68. The third-order valence-corrected chi connectivity index (χ3v) is 8.57. The molecule has 0 aliphatic carbocycles. The lowest BCUT2D eigenvalue weighted by atomic mass is 10.0. The zero-order valence-corrected chi connectivity index (χ0v) is 18.2. The molecule has 0 bridgehead atoms. The van der Waals surface area contributed by atoms with Crippen molar-refractivity contribution in [3.05, 3.63) is 83.4 Å². The minimum absolute atomic E-state index is 0.0160. The first-order valence-corrected chi connectivity index (χ1v) is 12.6. The Kier molecular flexibility index (Phi) is 5.48. The van der Waals surface area contributed by atoms with Crippen LogP contribution in [0, 0.1) is 0 Å². The molecular weight excluding hydrogens is 444 g/mol. The van der Waals surface area contributed by atoms with Gasteiger partial charge in [-0.2, -0.15) is 0 Å². The number of sulfonamides is 2. The lowest BCUT2D eigenvalue weighted by Crippen LogP contribution is -2.35. The fraction of sp³-hybridized carbons (Fsp3) is 0.143. The third-order valence-electron chi connectivity index (χ3n) is 4.87. The lowest BCUT2D eigenvalue weighted by molar-refractivity contribution is 0.586. The van der Waals surface area contributed by atoms with E-state index in [9.17, 15) is 16.8 Å². The van der Waals surface area contributed by atoms with Crippen molar-refractivity contribution in [1.29, 1.82) is 0 Å². The Bertz CT molecular complexity index is 1290. The Balaban J connectivity index is 1.67. The van der Waals surface area contributed by atoms with Gasteiger partial charge in [-0.15, -0.1) is 0 Å². The van der Waals surface area contributed by atoms with Gasteiger partial charge in [-0.05, 0) is 60.9 Å². The second kappa shape index (κ2) is 7.94. The van der Waals surface area contributed by atoms with Crippen molar-refractivity contribution >= 4 is 43.0 Å². The second-order valence-corrected chi connectivity index (χ2v) is 10.8. The van der Waals surface area contributed by atoms with Crippen LogP contribution in [-0.2, 0) is 26.5 Å². The SMILES string of the molecule is O=S(=O)(Nc1ccc2c(c1)CCCN2S(=O)(=O)c1ccccc1)c1ccccc1Cl. The highest BCUT2D eigenvalue weighted by Crippen LogP contribution is 2.34. The number of fused-ring (bicyclic) bond motifs is 1. The first kappa shape index (κ1) is 20.7. The van der Waals surface area contributed by atoms with E-state index in [-0.39, 0.29) is 14.8 Å². The molecule has 0 saturated heterocycles. The van der Waals surface area contributed by atoms with Crippen molar-refractivity contribution in [3.8, 4) is 0 Å². The van der Waals surface area contributed by atoms with Gasteiger partial charge in [0.2, 0.25) is 0 Å². The summed E-state index contributed by atoms with van der Waals surface area (Å²) in [4.78, 5) is 0.207. The molecule has 4 rings (SSSR count). The maximum absolute atomic E-state index is 13.1. The third kappa shape index (κ3) is 3.90. The monoisotopic (exact) mass is 462 g/mol. The topological polar surface area (TPSA) is 83.6 Å². The number of nitrogens with one attached hydrogen (secondary N) is 1. The average Bonchev–Trinajstić information content (AvgIpc) is 2.73. The Morgan fingerprint density at radius 2 is 1.57 bits per heavy atom. The highest BCUT2D eigenvalue weighted by Gasteiger charge is 2.29. The predicted molar refractivity (Wildman–Crippen MR) is 118 cm³/mol. The second-order valence-electron chi connectivity index (χ2n) is 6.87. The number of rotatable bonds is 5. The Hall–Kier alpha value is -2.55. The zero-order chi connectivity index (χ0) is 21.4. The van der Waals surface area contributed by atoms with Crippen molar-refractivity contribution in [2.45, 2.75) is 22.6 Å². The average molecular weight is 463 g/mol. The minimum Gasteiger partial charge on any atom is -0.280 e. The minimum atomic E-state index is -3.87. The summed E-state index contributed by atoms with van der Waals surface area (Å²) in [5.74, 6) is 0. The van der Waals surface area contributed by atoms with Crippen LogP contribution in [0.3, 0.4) is 0 Å². The molecule has 1 aliphatic heterocycles. The number of hydrogen-bond acceptors (Lipinski definition) is 4. The van der Waals surface area contributed by atoms with Crippen molar-refractivity contribution in [1.82, 2.24) is 0 Å². The zero-order valence-electron chi connectivity index (χ0n) is 15.8. The highest BCUT2D eigenvalue weighted by molar-refractivity contribution is 7.93. The van der Waals surface area contributed by atoms with Crippen LogP contribution in [0.4, 0.5) is 11.4 Å². The number of halogens is 1. The largest absolute Gasteiger partial charge is 0.280 e. The van der Waals surface area contributed by atoms with Crippen LogP contribution in [0.5, 0.6) is 0 Å². The molecule has 156 valence electrons. The van der Waals surface area contributed by atoms with Crippen LogP contribution in [0.2, 0.25) is 5.02 Å². The molecule has 3 aromatic carbocycles. The van der Waals surface area contributed by atoms with E-state index in [0.717, 1.165) is 5.56 Å². The summed E-state index contributed by atoms with van der Waals surface area (Å²) in [6.07, 6.45) is 1.29. The van der Waals surface area contributed by atoms with Crippen molar-refractivity contribution in [2.24, 2.45) is 0 Å². The molecule has 0 aromatic heterocycles. The first-order chi connectivity index (χ1) is 14.3. The van der Waals surface area contributed by atoms with Gasteiger partial charge in [0.1, 0.15) is 4.90 Å². The van der Waals surface area contributed by atoms with Crippen molar-refractivity contribution in [2.75, 3.05) is 15.6 Å². The van der Waals surface area contributed by atoms with Crippen LogP contribution in [0.1, 0.15) is 12.0 Å². The quantitative estimate of drug-likeness (QED) is 0.613. The summed E-state index contributed by atoms with van der Waals surface area (Å²) in [5, 5.41) is 0.128. The molecule has 9 heteroatoms. The molecule has 0 radical (unpaired) electrons. The summed E-state index contributed by atoms with van der Waals surface area (Å²) in [6.45, 7) is 0.370. The summed E-state index contributed by atoms with van der Waals surface area (Å²) in [7, 11) is -7.56. The first-order valence-electron chi connectivity index (χ1n) is 9.27. The molecule has 1 N–H and O–H groups in total. The van der Waals surface area contributed by atoms with Gasteiger partial charge in [0.25, 0.3) is 20.0 Å². The molecule has 30 heavy (non-hydrogen) atoms. The Labute approximate surface area is 181 Å². The number of anilines is 2. The van der Waals surface area contributed by atoms with Crippen LogP contribution in [-0.4, -0.2) is 23.4 Å². The maximum atomic E-state index is 13.1. The fourth-order valence-electron chi connectivity index (χ4n) is 3.47. The van der Waals surface area contributed by atoms with Crippen molar-refractivity contribution < 1.29 is 16.8 Å². The molecule has 0 amide bonds. The van der Waals surface area contributed by atoms with Gasteiger partial charge in [-0.3, -0.25) is 9.03 Å². The van der Waals surface area contributed by atoms with Gasteiger partial charge >= 0.3 is 0 Å². The van der Waals surface area contributed by atoms with Gasteiger partial charge in [0.05, 0.1) is 15.6 Å². The number of aryl methyl sites for hydroxylation is 1.